The first-order chi connectivity index (χ1) is 11.0. The average Bonchev–Trinajstić information content (AvgIpc) is 2.97. The fourth-order valence-electron chi connectivity index (χ4n) is 2.80. The van der Waals surface area contributed by atoms with Crippen LogP contribution >= 0.6 is 0 Å². The second-order valence-electron chi connectivity index (χ2n) is 7.87. The molecule has 0 amide bonds. The van der Waals surface area contributed by atoms with Gasteiger partial charge in [-0.05, 0) is 18.9 Å². The molecule has 132 valence electrons. The zero-order valence-electron chi connectivity index (χ0n) is 16.0. The third-order valence-electron chi connectivity index (χ3n) is 4.39. The zero-order valence-corrected chi connectivity index (χ0v) is 17.0. The smallest absolute Gasteiger partial charge is 0.123 e. The molecule has 1 aromatic heterocycles. The number of allylic oxidation sites excluding steroid dienone is 1. The Morgan fingerprint density at radius 1 is 0.870 bits per heavy atom. The van der Waals surface area contributed by atoms with Crippen molar-refractivity contribution in [2.75, 3.05) is 0 Å². The minimum atomic E-state index is -1.30. The van der Waals surface area contributed by atoms with Crippen LogP contribution in [0.3, 0.4) is 0 Å². The van der Waals surface area contributed by atoms with Gasteiger partial charge in [0.05, 0.1) is 11.6 Å². The van der Waals surface area contributed by atoms with E-state index in [1.165, 1.54) is 81.6 Å². The number of unbranched alkanes of at least 4 members (excludes halogenated alkanes) is 10. The molecule has 1 aromatic rings. The highest BCUT2D eigenvalue weighted by Gasteiger charge is 2.20. The van der Waals surface area contributed by atoms with Gasteiger partial charge in [-0.1, -0.05) is 96.5 Å². The molecule has 0 aliphatic carbocycles. The lowest BCUT2D eigenvalue weighted by Crippen LogP contribution is -2.36. The molecule has 1 rings (SSSR count). The Morgan fingerprint density at radius 3 is 1.96 bits per heavy atom. The molecule has 0 aliphatic rings. The van der Waals surface area contributed by atoms with Gasteiger partial charge in [0, 0.05) is 5.56 Å². The molecule has 0 spiro atoms. The second kappa shape index (κ2) is 11.7. The van der Waals surface area contributed by atoms with Crippen LogP contribution < -0.4 is 5.38 Å². The van der Waals surface area contributed by atoms with Gasteiger partial charge in [-0.15, -0.1) is 0 Å². The summed E-state index contributed by atoms with van der Waals surface area (Å²) in [5.41, 5.74) is 1.23. The van der Waals surface area contributed by atoms with Crippen molar-refractivity contribution in [1.29, 1.82) is 0 Å². The molecule has 1 heterocycles. The summed E-state index contributed by atoms with van der Waals surface area (Å²) in [5.74, 6) is 0. The fraction of sp³-hybridized carbons (Fsp3) is 0.714. The summed E-state index contributed by atoms with van der Waals surface area (Å²) >= 11 is 0. The van der Waals surface area contributed by atoms with Gasteiger partial charge in [-0.2, -0.15) is 0 Å². The monoisotopic (exact) mass is 334 g/mol. The third-order valence-corrected chi connectivity index (χ3v) is 6.13. The molecule has 1 nitrogen and oxygen atoms in total. The summed E-state index contributed by atoms with van der Waals surface area (Å²) in [7, 11) is -1.30. The summed E-state index contributed by atoms with van der Waals surface area (Å²) in [6, 6.07) is 2.22. The topological polar surface area (TPSA) is 13.1 Å². The molecule has 0 radical (unpaired) electrons. The fourth-order valence-corrected chi connectivity index (χ4v) is 3.81. The molecule has 0 aromatic carbocycles. The van der Waals surface area contributed by atoms with Crippen LogP contribution in [0.15, 0.2) is 22.8 Å². The van der Waals surface area contributed by atoms with Crippen molar-refractivity contribution in [1.82, 2.24) is 0 Å². The highest BCUT2D eigenvalue weighted by Crippen LogP contribution is 2.12. The van der Waals surface area contributed by atoms with E-state index in [1.807, 2.05) is 6.26 Å². The van der Waals surface area contributed by atoms with Gasteiger partial charge in [0.1, 0.15) is 8.07 Å². The molecule has 0 fully saturated rings. The Hall–Kier alpha value is -0.763. The van der Waals surface area contributed by atoms with E-state index < -0.39 is 8.07 Å². The van der Waals surface area contributed by atoms with E-state index in [-0.39, 0.29) is 0 Å². The van der Waals surface area contributed by atoms with Crippen molar-refractivity contribution in [3.63, 3.8) is 0 Å². The minimum absolute atomic E-state index is 1.20. The maximum absolute atomic E-state index is 5.70. The first-order valence-corrected chi connectivity index (χ1v) is 13.3. The molecule has 0 N–H and O–H groups in total. The number of hydrogen-bond donors (Lipinski definition) is 0. The third kappa shape index (κ3) is 9.86. The van der Waals surface area contributed by atoms with E-state index in [0.717, 1.165) is 0 Å². The predicted octanol–water partition coefficient (Wildman–Crippen LogP) is 7.15. The van der Waals surface area contributed by atoms with E-state index in [2.05, 4.69) is 44.8 Å². The maximum atomic E-state index is 5.70. The van der Waals surface area contributed by atoms with Crippen molar-refractivity contribution in [2.24, 2.45) is 0 Å². The van der Waals surface area contributed by atoms with Crippen molar-refractivity contribution in [3.8, 4) is 0 Å². The lowest BCUT2D eigenvalue weighted by molar-refractivity contribution is 0.558. The molecular formula is C21H38OSi. The van der Waals surface area contributed by atoms with Crippen LogP contribution in [-0.2, 0) is 0 Å². The molecule has 23 heavy (non-hydrogen) atoms. The van der Waals surface area contributed by atoms with E-state index in [1.54, 1.807) is 0 Å². The molecule has 0 unspecified atom stereocenters. The number of rotatable bonds is 13. The van der Waals surface area contributed by atoms with Gasteiger partial charge in [-0.25, -0.2) is 0 Å². The van der Waals surface area contributed by atoms with E-state index in [0.29, 0.717) is 0 Å². The summed E-state index contributed by atoms with van der Waals surface area (Å²) in [6.45, 7) is 9.25. The lowest BCUT2D eigenvalue weighted by atomic mass is 10.1. The van der Waals surface area contributed by atoms with Crippen molar-refractivity contribution < 1.29 is 4.42 Å². The van der Waals surface area contributed by atoms with Gasteiger partial charge in [0.2, 0.25) is 0 Å². The molecule has 2 heteroatoms. The molecule has 0 bridgehead atoms. The SMILES string of the molecule is CCCCCCCCCCCC/C=C/c1coc([Si](C)(C)C)c1. The minimum Gasteiger partial charge on any atom is -0.474 e. The summed E-state index contributed by atoms with van der Waals surface area (Å²) < 4.78 is 5.70. The van der Waals surface area contributed by atoms with Gasteiger partial charge >= 0.3 is 0 Å². The summed E-state index contributed by atoms with van der Waals surface area (Å²) in [6.07, 6.45) is 21.7. The molecular weight excluding hydrogens is 296 g/mol. The standard InChI is InChI=1S/C21H38OSi/c1-5-6-7-8-9-10-11-12-13-14-15-16-17-20-18-21(22-19-20)23(2,3)4/h16-19H,5-15H2,1-4H3/b17-16+. The van der Waals surface area contributed by atoms with Gasteiger partial charge < -0.3 is 4.42 Å². The van der Waals surface area contributed by atoms with Crippen molar-refractivity contribution in [2.45, 2.75) is 97.2 Å². The Labute approximate surface area is 145 Å². The number of furan rings is 1. The Morgan fingerprint density at radius 2 is 1.43 bits per heavy atom. The van der Waals surface area contributed by atoms with E-state index in [9.17, 15) is 0 Å². The van der Waals surface area contributed by atoms with Crippen LogP contribution in [0.2, 0.25) is 19.6 Å². The van der Waals surface area contributed by atoms with Gasteiger partial charge in [-0.3, -0.25) is 0 Å². The highest BCUT2D eigenvalue weighted by molar-refractivity contribution is 6.87. The molecule has 0 atom stereocenters. The van der Waals surface area contributed by atoms with Gasteiger partial charge in [0.15, 0.2) is 0 Å². The van der Waals surface area contributed by atoms with Crippen LogP contribution in [0, 0.1) is 0 Å². The maximum Gasteiger partial charge on any atom is 0.123 e. The van der Waals surface area contributed by atoms with Crippen LogP contribution in [0.5, 0.6) is 0 Å². The Balaban J connectivity index is 1.99. The molecule has 0 saturated carbocycles. The molecule has 0 aliphatic heterocycles. The first kappa shape index (κ1) is 20.3. The Bertz CT molecular complexity index is 425. The highest BCUT2D eigenvalue weighted by atomic mass is 28.3. The van der Waals surface area contributed by atoms with Crippen LogP contribution in [-0.4, -0.2) is 8.07 Å². The van der Waals surface area contributed by atoms with Crippen LogP contribution in [0.4, 0.5) is 0 Å². The van der Waals surface area contributed by atoms with Crippen molar-refractivity contribution >= 4 is 19.5 Å². The normalized spacial score (nSPS) is 12.3. The number of hydrogen-bond acceptors (Lipinski definition) is 1. The quantitative estimate of drug-likeness (QED) is 0.276. The average molecular weight is 335 g/mol. The summed E-state index contributed by atoms with van der Waals surface area (Å²) in [4.78, 5) is 0. The zero-order chi connectivity index (χ0) is 17.0. The lowest BCUT2D eigenvalue weighted by Gasteiger charge is -2.10. The Kier molecular flexibility index (Phi) is 10.3. The van der Waals surface area contributed by atoms with E-state index >= 15 is 0 Å². The first-order valence-electron chi connectivity index (χ1n) is 9.79. The van der Waals surface area contributed by atoms with Crippen LogP contribution in [0.25, 0.3) is 6.08 Å². The van der Waals surface area contributed by atoms with E-state index in [4.69, 9.17) is 4.42 Å². The largest absolute Gasteiger partial charge is 0.474 e. The van der Waals surface area contributed by atoms with Crippen LogP contribution in [0.1, 0.15) is 83.1 Å². The second-order valence-corrected chi connectivity index (χ2v) is 12.9. The van der Waals surface area contributed by atoms with Crippen molar-refractivity contribution in [3.05, 3.63) is 24.0 Å². The predicted molar refractivity (Wildman–Crippen MR) is 107 cm³/mol. The molecule has 0 saturated heterocycles. The van der Waals surface area contributed by atoms with Gasteiger partial charge in [0.25, 0.3) is 0 Å². The summed E-state index contributed by atoms with van der Waals surface area (Å²) in [5, 5.41) is 1.20.